The minimum Gasteiger partial charge on any atom is -0.484 e. The first-order valence-corrected chi connectivity index (χ1v) is 10.5. The summed E-state index contributed by atoms with van der Waals surface area (Å²) in [6, 6.07) is 20.4. The Hall–Kier alpha value is -3.60. The quantitative estimate of drug-likeness (QED) is 0.517. The van der Waals surface area contributed by atoms with Crippen molar-refractivity contribution in [3.05, 3.63) is 89.0 Å². The number of anilines is 2. The number of ether oxygens (including phenoxy) is 1. The summed E-state index contributed by atoms with van der Waals surface area (Å²) >= 11 is 0. The third-order valence-corrected chi connectivity index (χ3v) is 5.14. The summed E-state index contributed by atoms with van der Waals surface area (Å²) in [7, 11) is 0. The Morgan fingerprint density at radius 3 is 2.06 bits per heavy atom. The number of hydrogen-bond donors (Lipinski definition) is 2. The van der Waals surface area contributed by atoms with Gasteiger partial charge in [-0.05, 0) is 66.8 Å². The Morgan fingerprint density at radius 2 is 1.45 bits per heavy atom. The Kier molecular flexibility index (Phi) is 7.44. The lowest BCUT2D eigenvalue weighted by molar-refractivity contribution is -0.118. The first-order valence-electron chi connectivity index (χ1n) is 10.5. The zero-order valence-electron chi connectivity index (χ0n) is 18.2. The molecule has 0 spiro atoms. The van der Waals surface area contributed by atoms with Crippen LogP contribution in [0.5, 0.6) is 5.75 Å². The van der Waals surface area contributed by atoms with Crippen molar-refractivity contribution >= 4 is 23.2 Å². The number of carbonyl (C=O) groups is 2. The van der Waals surface area contributed by atoms with Crippen LogP contribution >= 0.6 is 0 Å². The van der Waals surface area contributed by atoms with Gasteiger partial charge in [-0.15, -0.1) is 0 Å². The van der Waals surface area contributed by atoms with Crippen molar-refractivity contribution in [3.63, 3.8) is 0 Å². The normalized spacial score (nSPS) is 10.4. The highest BCUT2D eigenvalue weighted by molar-refractivity contribution is 6.04. The zero-order chi connectivity index (χ0) is 22.2. The van der Waals surface area contributed by atoms with E-state index in [2.05, 4.69) is 24.5 Å². The molecule has 2 N–H and O–H groups in total. The molecule has 0 atom stereocenters. The van der Waals surface area contributed by atoms with Crippen LogP contribution in [0.1, 0.15) is 40.9 Å². The van der Waals surface area contributed by atoms with Crippen molar-refractivity contribution in [1.29, 1.82) is 0 Å². The molecule has 5 nitrogen and oxygen atoms in total. The van der Waals surface area contributed by atoms with Crippen LogP contribution in [0.4, 0.5) is 11.4 Å². The molecule has 0 fully saturated rings. The van der Waals surface area contributed by atoms with Gasteiger partial charge in [-0.3, -0.25) is 9.59 Å². The third kappa shape index (κ3) is 5.72. The molecule has 3 aromatic carbocycles. The predicted octanol–water partition coefficient (Wildman–Crippen LogP) is 5.39. The molecule has 0 aliphatic heterocycles. The monoisotopic (exact) mass is 416 g/mol. The average Bonchev–Trinajstić information content (AvgIpc) is 2.79. The number of rotatable bonds is 8. The van der Waals surface area contributed by atoms with Crippen LogP contribution in [0, 0.1) is 6.92 Å². The lowest BCUT2D eigenvalue weighted by Crippen LogP contribution is -2.21. The van der Waals surface area contributed by atoms with Gasteiger partial charge in [-0.2, -0.15) is 0 Å². The number of hydrogen-bond acceptors (Lipinski definition) is 3. The van der Waals surface area contributed by atoms with E-state index in [0.717, 1.165) is 40.9 Å². The van der Waals surface area contributed by atoms with Gasteiger partial charge >= 0.3 is 0 Å². The highest BCUT2D eigenvalue weighted by Crippen LogP contribution is 2.23. The highest BCUT2D eigenvalue weighted by atomic mass is 16.5. The molecular formula is C26H28N2O3. The van der Waals surface area contributed by atoms with Crippen molar-refractivity contribution in [2.45, 2.75) is 33.6 Å². The van der Waals surface area contributed by atoms with E-state index in [1.807, 2.05) is 49.4 Å². The molecule has 2 amide bonds. The number of para-hydroxylation sites is 2. The van der Waals surface area contributed by atoms with Gasteiger partial charge in [0.25, 0.3) is 11.8 Å². The van der Waals surface area contributed by atoms with E-state index >= 15 is 0 Å². The van der Waals surface area contributed by atoms with Crippen LogP contribution in [-0.4, -0.2) is 18.4 Å². The molecule has 0 aliphatic rings. The Bertz CT molecular complexity index is 1040. The Balaban J connectivity index is 1.58. The summed E-state index contributed by atoms with van der Waals surface area (Å²) in [5.74, 6) is 0.126. The van der Waals surface area contributed by atoms with Gasteiger partial charge in [0.2, 0.25) is 0 Å². The number of carbonyl (C=O) groups excluding carboxylic acids is 2. The largest absolute Gasteiger partial charge is 0.484 e. The Morgan fingerprint density at radius 1 is 0.806 bits per heavy atom. The number of aryl methyl sites for hydroxylation is 3. The molecule has 0 radical (unpaired) electrons. The fourth-order valence-corrected chi connectivity index (χ4v) is 3.34. The molecule has 5 heteroatoms. The lowest BCUT2D eigenvalue weighted by Gasteiger charge is -2.15. The van der Waals surface area contributed by atoms with Gasteiger partial charge in [0.1, 0.15) is 5.75 Å². The van der Waals surface area contributed by atoms with Gasteiger partial charge in [-0.1, -0.05) is 50.2 Å². The first kappa shape index (κ1) is 22.1. The van der Waals surface area contributed by atoms with Crippen molar-refractivity contribution in [1.82, 2.24) is 0 Å². The van der Waals surface area contributed by atoms with Gasteiger partial charge in [-0.25, -0.2) is 0 Å². The van der Waals surface area contributed by atoms with E-state index in [9.17, 15) is 9.59 Å². The number of amides is 2. The highest BCUT2D eigenvalue weighted by Gasteiger charge is 2.11. The minimum absolute atomic E-state index is 0.101. The van der Waals surface area contributed by atoms with Crippen LogP contribution in [0.3, 0.4) is 0 Å². The van der Waals surface area contributed by atoms with Crippen molar-refractivity contribution in [2.75, 3.05) is 17.2 Å². The van der Waals surface area contributed by atoms with E-state index in [-0.39, 0.29) is 18.4 Å². The van der Waals surface area contributed by atoms with Crippen LogP contribution in [0.25, 0.3) is 0 Å². The van der Waals surface area contributed by atoms with E-state index in [1.165, 1.54) is 0 Å². The second-order valence-corrected chi connectivity index (χ2v) is 7.29. The van der Waals surface area contributed by atoms with E-state index in [0.29, 0.717) is 11.3 Å². The van der Waals surface area contributed by atoms with Gasteiger partial charge in [0.05, 0.1) is 0 Å². The summed E-state index contributed by atoms with van der Waals surface area (Å²) in [5, 5.41) is 5.89. The molecule has 0 saturated carbocycles. The van der Waals surface area contributed by atoms with E-state index in [1.54, 1.807) is 24.3 Å². The average molecular weight is 417 g/mol. The maximum Gasteiger partial charge on any atom is 0.262 e. The molecule has 0 aromatic heterocycles. The molecule has 0 bridgehead atoms. The summed E-state index contributed by atoms with van der Waals surface area (Å²) in [6.45, 7) is 5.98. The van der Waals surface area contributed by atoms with Gasteiger partial charge in [0.15, 0.2) is 6.61 Å². The molecule has 0 saturated heterocycles. The Labute approximate surface area is 183 Å². The smallest absolute Gasteiger partial charge is 0.262 e. The fraction of sp³-hybridized carbons (Fsp3) is 0.231. The standard InChI is InChI=1S/C26H28N2O3/c1-4-19-10-8-11-20(5-2)25(19)28-24(29)17-31-22-15-13-21(14-16-22)26(30)27-23-12-7-6-9-18(23)3/h6-16H,4-5,17H2,1-3H3,(H,27,30)(H,28,29). The third-order valence-electron chi connectivity index (χ3n) is 5.14. The fourth-order valence-electron chi connectivity index (χ4n) is 3.34. The molecular weight excluding hydrogens is 388 g/mol. The molecule has 3 aromatic rings. The van der Waals surface area contributed by atoms with Crippen molar-refractivity contribution in [3.8, 4) is 5.75 Å². The lowest BCUT2D eigenvalue weighted by atomic mass is 10.0. The molecule has 0 unspecified atom stereocenters. The van der Waals surface area contributed by atoms with E-state index in [4.69, 9.17) is 4.74 Å². The summed E-state index contributed by atoms with van der Waals surface area (Å²) in [5.41, 5.74) is 5.39. The predicted molar refractivity (Wildman–Crippen MR) is 125 cm³/mol. The van der Waals surface area contributed by atoms with Gasteiger partial charge < -0.3 is 15.4 Å². The van der Waals surface area contributed by atoms with Gasteiger partial charge in [0, 0.05) is 16.9 Å². The number of nitrogens with one attached hydrogen (secondary N) is 2. The topological polar surface area (TPSA) is 67.4 Å². The second-order valence-electron chi connectivity index (χ2n) is 7.29. The maximum absolute atomic E-state index is 12.5. The van der Waals surface area contributed by atoms with E-state index < -0.39 is 0 Å². The van der Waals surface area contributed by atoms with Crippen molar-refractivity contribution in [2.24, 2.45) is 0 Å². The molecule has 3 rings (SSSR count). The summed E-state index contributed by atoms with van der Waals surface area (Å²) in [6.07, 6.45) is 1.69. The summed E-state index contributed by atoms with van der Waals surface area (Å²) in [4.78, 5) is 24.9. The second kappa shape index (κ2) is 10.4. The molecule has 0 heterocycles. The summed E-state index contributed by atoms with van der Waals surface area (Å²) < 4.78 is 5.62. The number of benzene rings is 3. The van der Waals surface area contributed by atoms with Crippen LogP contribution in [-0.2, 0) is 17.6 Å². The first-order chi connectivity index (χ1) is 15.0. The minimum atomic E-state index is -0.211. The maximum atomic E-state index is 12.5. The molecule has 160 valence electrons. The van der Waals surface area contributed by atoms with Crippen LogP contribution < -0.4 is 15.4 Å². The van der Waals surface area contributed by atoms with Crippen molar-refractivity contribution < 1.29 is 14.3 Å². The van der Waals surface area contributed by atoms with Crippen LogP contribution in [0.15, 0.2) is 66.7 Å². The molecule has 0 aliphatic carbocycles. The SMILES string of the molecule is CCc1cccc(CC)c1NC(=O)COc1ccc(C(=O)Nc2ccccc2C)cc1. The van der Waals surface area contributed by atoms with Crippen LogP contribution in [0.2, 0.25) is 0 Å². The molecule has 31 heavy (non-hydrogen) atoms. The zero-order valence-corrected chi connectivity index (χ0v) is 18.2.